The zero-order valence-electron chi connectivity index (χ0n) is 15.4. The third-order valence-corrected chi connectivity index (χ3v) is 4.64. The first-order chi connectivity index (χ1) is 12.4. The first-order valence-corrected chi connectivity index (χ1v) is 9.06. The van der Waals surface area contributed by atoms with Crippen molar-refractivity contribution in [1.29, 1.82) is 0 Å². The van der Waals surface area contributed by atoms with Crippen molar-refractivity contribution >= 4 is 23.6 Å². The molecule has 1 aromatic rings. The van der Waals surface area contributed by atoms with Gasteiger partial charge in [0.15, 0.2) is 0 Å². The smallest absolute Gasteiger partial charge is 0.319 e. The lowest BCUT2D eigenvalue weighted by Crippen LogP contribution is -2.42. The largest absolute Gasteiger partial charge is 0.481 e. The Morgan fingerprint density at radius 1 is 1.27 bits per heavy atom. The molecule has 142 valence electrons. The molecule has 0 radical (unpaired) electrons. The van der Waals surface area contributed by atoms with Crippen LogP contribution in [0.1, 0.15) is 54.9 Å². The zero-order chi connectivity index (χ0) is 19.1. The summed E-state index contributed by atoms with van der Waals surface area (Å²) < 4.78 is 0. The second-order valence-electron chi connectivity index (χ2n) is 6.75. The van der Waals surface area contributed by atoms with Gasteiger partial charge in [-0.2, -0.15) is 0 Å². The Labute approximate surface area is 153 Å². The SMILES string of the molecule is Cc1cc(C(=O)N2CCCCC2C)ccc1NC(=O)NCCCC(=O)O. The number of likely N-dealkylation sites (tertiary alicyclic amines) is 1. The lowest BCUT2D eigenvalue weighted by Gasteiger charge is -2.33. The van der Waals surface area contributed by atoms with Gasteiger partial charge in [-0.05, 0) is 63.3 Å². The molecule has 0 aromatic heterocycles. The summed E-state index contributed by atoms with van der Waals surface area (Å²) in [5, 5.41) is 13.9. The number of aryl methyl sites for hydroxylation is 1. The molecule has 26 heavy (non-hydrogen) atoms. The zero-order valence-corrected chi connectivity index (χ0v) is 15.4. The standard InChI is InChI=1S/C19H27N3O4/c1-13-12-15(18(25)22-11-4-3-6-14(22)2)8-9-16(13)21-19(26)20-10-5-7-17(23)24/h8-9,12,14H,3-7,10-11H2,1-2H3,(H,23,24)(H2,20,21,26). The third kappa shape index (κ3) is 5.47. The van der Waals surface area contributed by atoms with Crippen LogP contribution in [0.2, 0.25) is 0 Å². The number of piperidine rings is 1. The van der Waals surface area contributed by atoms with Crippen molar-refractivity contribution in [2.75, 3.05) is 18.4 Å². The minimum absolute atomic E-state index is 0.0189. The van der Waals surface area contributed by atoms with Crippen LogP contribution < -0.4 is 10.6 Å². The quantitative estimate of drug-likeness (QED) is 0.678. The highest BCUT2D eigenvalue weighted by Gasteiger charge is 2.24. The molecule has 1 atom stereocenters. The van der Waals surface area contributed by atoms with E-state index in [2.05, 4.69) is 17.6 Å². The Balaban J connectivity index is 1.93. The Morgan fingerprint density at radius 2 is 2.04 bits per heavy atom. The number of urea groups is 1. The Morgan fingerprint density at radius 3 is 2.69 bits per heavy atom. The van der Waals surface area contributed by atoms with Gasteiger partial charge in [-0.15, -0.1) is 0 Å². The number of carboxylic acids is 1. The number of nitrogens with one attached hydrogen (secondary N) is 2. The van der Waals surface area contributed by atoms with Crippen LogP contribution in [-0.4, -0.2) is 47.0 Å². The van der Waals surface area contributed by atoms with E-state index in [-0.39, 0.29) is 24.4 Å². The number of carboxylic acid groups (broad SMARTS) is 1. The van der Waals surface area contributed by atoms with Gasteiger partial charge in [-0.3, -0.25) is 9.59 Å². The molecule has 1 aliphatic heterocycles. The normalized spacial score (nSPS) is 16.8. The van der Waals surface area contributed by atoms with Crippen molar-refractivity contribution < 1.29 is 19.5 Å². The molecular weight excluding hydrogens is 334 g/mol. The van der Waals surface area contributed by atoms with Gasteiger partial charge in [-0.25, -0.2) is 4.79 Å². The summed E-state index contributed by atoms with van der Waals surface area (Å²) in [6.07, 6.45) is 3.63. The first kappa shape index (κ1) is 19.8. The predicted molar refractivity (Wildman–Crippen MR) is 99.4 cm³/mol. The Bertz CT molecular complexity index is 675. The maximum Gasteiger partial charge on any atom is 0.319 e. The highest BCUT2D eigenvalue weighted by atomic mass is 16.4. The molecule has 0 aliphatic carbocycles. The van der Waals surface area contributed by atoms with Crippen LogP contribution in [0.25, 0.3) is 0 Å². The number of nitrogens with zero attached hydrogens (tertiary/aromatic N) is 1. The summed E-state index contributed by atoms with van der Waals surface area (Å²) in [7, 11) is 0. The summed E-state index contributed by atoms with van der Waals surface area (Å²) in [5.41, 5.74) is 2.06. The number of rotatable bonds is 6. The molecule has 1 heterocycles. The number of aliphatic carboxylic acids is 1. The summed E-state index contributed by atoms with van der Waals surface area (Å²) in [6, 6.07) is 5.13. The fourth-order valence-corrected chi connectivity index (χ4v) is 3.11. The van der Waals surface area contributed by atoms with Gasteiger partial charge in [0.05, 0.1) is 0 Å². The average molecular weight is 361 g/mol. The molecule has 3 amide bonds. The number of benzene rings is 1. The lowest BCUT2D eigenvalue weighted by atomic mass is 10.0. The van der Waals surface area contributed by atoms with E-state index in [4.69, 9.17) is 5.11 Å². The molecule has 7 heteroatoms. The molecule has 0 spiro atoms. The van der Waals surface area contributed by atoms with Crippen molar-refractivity contribution in [1.82, 2.24) is 10.2 Å². The molecule has 2 rings (SSSR count). The molecule has 1 saturated heterocycles. The van der Waals surface area contributed by atoms with E-state index in [1.165, 1.54) is 0 Å². The third-order valence-electron chi connectivity index (χ3n) is 4.64. The maximum atomic E-state index is 12.7. The van der Waals surface area contributed by atoms with Crippen molar-refractivity contribution in [2.24, 2.45) is 0 Å². The van der Waals surface area contributed by atoms with Gasteiger partial charge in [0.25, 0.3) is 5.91 Å². The van der Waals surface area contributed by atoms with Crippen LogP contribution in [0.4, 0.5) is 10.5 Å². The van der Waals surface area contributed by atoms with Crippen LogP contribution in [0.3, 0.4) is 0 Å². The summed E-state index contributed by atoms with van der Waals surface area (Å²) in [5.74, 6) is -0.851. The van der Waals surface area contributed by atoms with Crippen LogP contribution >= 0.6 is 0 Å². The second-order valence-corrected chi connectivity index (χ2v) is 6.75. The Hall–Kier alpha value is -2.57. The van der Waals surface area contributed by atoms with Crippen molar-refractivity contribution in [3.05, 3.63) is 29.3 Å². The molecule has 3 N–H and O–H groups in total. The lowest BCUT2D eigenvalue weighted by molar-refractivity contribution is -0.137. The monoisotopic (exact) mass is 361 g/mol. The van der Waals surface area contributed by atoms with Gasteiger partial charge in [0.1, 0.15) is 0 Å². The molecule has 0 saturated carbocycles. The number of hydrogen-bond acceptors (Lipinski definition) is 3. The molecule has 0 bridgehead atoms. The summed E-state index contributed by atoms with van der Waals surface area (Å²) in [6.45, 7) is 5.00. The number of hydrogen-bond donors (Lipinski definition) is 3. The molecule has 1 unspecified atom stereocenters. The predicted octanol–water partition coefficient (Wildman–Crippen LogP) is 3.00. The maximum absolute atomic E-state index is 12.7. The van der Waals surface area contributed by atoms with E-state index in [1.54, 1.807) is 18.2 Å². The van der Waals surface area contributed by atoms with Gasteiger partial charge < -0.3 is 20.6 Å². The first-order valence-electron chi connectivity index (χ1n) is 9.06. The van der Waals surface area contributed by atoms with E-state index < -0.39 is 5.97 Å². The number of amides is 3. The highest BCUT2D eigenvalue weighted by Crippen LogP contribution is 2.22. The summed E-state index contributed by atoms with van der Waals surface area (Å²) >= 11 is 0. The van der Waals surface area contributed by atoms with Gasteiger partial charge in [0, 0.05) is 36.8 Å². The van der Waals surface area contributed by atoms with Gasteiger partial charge >= 0.3 is 12.0 Å². The molecule has 7 nitrogen and oxygen atoms in total. The number of anilines is 1. The molecule has 1 fully saturated rings. The molecule has 1 aliphatic rings. The van der Waals surface area contributed by atoms with E-state index in [9.17, 15) is 14.4 Å². The number of carbonyl (C=O) groups is 3. The fourth-order valence-electron chi connectivity index (χ4n) is 3.11. The second kappa shape index (κ2) is 9.22. The van der Waals surface area contributed by atoms with E-state index in [1.807, 2.05) is 11.8 Å². The highest BCUT2D eigenvalue weighted by molar-refractivity contribution is 5.96. The Kier molecular flexibility index (Phi) is 7.00. The molecule has 1 aromatic carbocycles. The average Bonchev–Trinajstić information content (AvgIpc) is 2.60. The van der Waals surface area contributed by atoms with Gasteiger partial charge in [-0.1, -0.05) is 0 Å². The minimum Gasteiger partial charge on any atom is -0.481 e. The van der Waals surface area contributed by atoms with Gasteiger partial charge in [0.2, 0.25) is 0 Å². The van der Waals surface area contributed by atoms with Crippen LogP contribution in [0.15, 0.2) is 18.2 Å². The molecular formula is C19H27N3O4. The van der Waals surface area contributed by atoms with Crippen molar-refractivity contribution in [3.63, 3.8) is 0 Å². The van der Waals surface area contributed by atoms with E-state index in [0.717, 1.165) is 31.4 Å². The van der Waals surface area contributed by atoms with E-state index in [0.29, 0.717) is 24.2 Å². The van der Waals surface area contributed by atoms with E-state index >= 15 is 0 Å². The van der Waals surface area contributed by atoms with Crippen LogP contribution in [0, 0.1) is 6.92 Å². The fraction of sp³-hybridized carbons (Fsp3) is 0.526. The van der Waals surface area contributed by atoms with Crippen LogP contribution in [0.5, 0.6) is 0 Å². The van der Waals surface area contributed by atoms with Crippen molar-refractivity contribution in [3.8, 4) is 0 Å². The van der Waals surface area contributed by atoms with Crippen LogP contribution in [-0.2, 0) is 4.79 Å². The topological polar surface area (TPSA) is 98.7 Å². The summed E-state index contributed by atoms with van der Waals surface area (Å²) in [4.78, 5) is 36.9. The number of carbonyl (C=O) groups excluding carboxylic acids is 2. The van der Waals surface area contributed by atoms with Crippen molar-refractivity contribution in [2.45, 2.75) is 52.0 Å². The minimum atomic E-state index is -0.883.